The van der Waals surface area contributed by atoms with Gasteiger partial charge in [0.25, 0.3) is 0 Å². The van der Waals surface area contributed by atoms with Crippen LogP contribution in [0.3, 0.4) is 0 Å². The van der Waals surface area contributed by atoms with Gasteiger partial charge in [0, 0.05) is 6.42 Å². The third-order valence-electron chi connectivity index (χ3n) is 5.18. The van der Waals surface area contributed by atoms with Crippen LogP contribution in [0, 0.1) is 17.3 Å². The first-order valence-corrected chi connectivity index (χ1v) is 7.34. The molecule has 0 radical (unpaired) electrons. The molecule has 21 heavy (non-hydrogen) atoms. The predicted octanol–water partition coefficient (Wildman–Crippen LogP) is 2.54. The molecule has 3 aliphatic rings. The van der Waals surface area contributed by atoms with E-state index in [2.05, 4.69) is 12.2 Å². The Hall–Kier alpha value is -2.10. The van der Waals surface area contributed by atoms with Gasteiger partial charge in [-0.3, -0.25) is 9.59 Å². The second-order valence-electron chi connectivity index (χ2n) is 6.23. The molecule has 1 heterocycles. The molecule has 2 amide bonds. The van der Waals surface area contributed by atoms with Crippen LogP contribution in [0.2, 0.25) is 0 Å². The minimum absolute atomic E-state index is 0.0474. The van der Waals surface area contributed by atoms with Gasteiger partial charge in [0.1, 0.15) is 5.75 Å². The number of hydrogen-bond donors (Lipinski definition) is 0. The van der Waals surface area contributed by atoms with Gasteiger partial charge in [-0.15, -0.1) is 0 Å². The van der Waals surface area contributed by atoms with Crippen molar-refractivity contribution < 1.29 is 14.3 Å². The number of imide groups is 1. The number of methoxy groups -OCH3 is 1. The topological polar surface area (TPSA) is 46.6 Å². The first-order valence-electron chi connectivity index (χ1n) is 7.34. The summed E-state index contributed by atoms with van der Waals surface area (Å²) >= 11 is 0. The highest BCUT2D eigenvalue weighted by atomic mass is 16.5. The van der Waals surface area contributed by atoms with Crippen LogP contribution in [0.1, 0.15) is 19.3 Å². The maximum atomic E-state index is 13.0. The molecule has 4 nitrogen and oxygen atoms in total. The third-order valence-corrected chi connectivity index (χ3v) is 5.18. The Morgan fingerprint density at radius 3 is 2.71 bits per heavy atom. The van der Waals surface area contributed by atoms with Gasteiger partial charge in [0.05, 0.1) is 18.2 Å². The molecule has 4 heteroatoms. The highest BCUT2D eigenvalue weighted by Crippen LogP contribution is 2.58. The van der Waals surface area contributed by atoms with E-state index >= 15 is 0 Å². The predicted molar refractivity (Wildman–Crippen MR) is 77.9 cm³/mol. The van der Waals surface area contributed by atoms with Crippen molar-refractivity contribution in [2.45, 2.75) is 19.3 Å². The maximum Gasteiger partial charge on any atom is 0.241 e. The lowest BCUT2D eigenvalue weighted by Crippen LogP contribution is -2.38. The Morgan fingerprint density at radius 1 is 1.24 bits per heavy atom. The Bertz CT molecular complexity index is 666. The average Bonchev–Trinajstić information content (AvgIpc) is 3.14. The fourth-order valence-corrected chi connectivity index (χ4v) is 4.22. The minimum atomic E-state index is -0.503. The number of carbonyl (C=O) groups is 2. The summed E-state index contributed by atoms with van der Waals surface area (Å²) in [6, 6.07) is 7.21. The monoisotopic (exact) mass is 283 g/mol. The van der Waals surface area contributed by atoms with Crippen LogP contribution >= 0.6 is 0 Å². The zero-order valence-electron chi connectivity index (χ0n) is 11.9. The second-order valence-corrected chi connectivity index (χ2v) is 6.23. The summed E-state index contributed by atoms with van der Waals surface area (Å²) in [5, 5.41) is 0. The van der Waals surface area contributed by atoms with Crippen molar-refractivity contribution in [3.8, 4) is 5.75 Å². The summed E-state index contributed by atoms with van der Waals surface area (Å²) in [5.41, 5.74) is 0.0655. The van der Waals surface area contributed by atoms with E-state index < -0.39 is 5.41 Å². The number of ether oxygens (including phenoxy) is 1. The van der Waals surface area contributed by atoms with E-state index in [4.69, 9.17) is 4.74 Å². The van der Waals surface area contributed by atoms with Gasteiger partial charge < -0.3 is 4.74 Å². The van der Waals surface area contributed by atoms with Crippen LogP contribution in [0.15, 0.2) is 36.4 Å². The quantitative estimate of drug-likeness (QED) is 0.619. The molecule has 1 spiro atoms. The first kappa shape index (κ1) is 12.6. The molecular formula is C17H17NO3. The van der Waals surface area contributed by atoms with Crippen LogP contribution < -0.4 is 9.64 Å². The maximum absolute atomic E-state index is 13.0. The summed E-state index contributed by atoms with van der Waals surface area (Å²) in [7, 11) is 1.56. The SMILES string of the molecule is COc1ccccc1N1C(=O)CC2(CC3C=CC2C3)C1=O. The number of carbonyl (C=O) groups excluding carboxylic acids is 2. The number of nitrogens with zero attached hydrogens (tertiary/aromatic N) is 1. The van der Waals surface area contributed by atoms with Gasteiger partial charge >= 0.3 is 0 Å². The van der Waals surface area contributed by atoms with E-state index in [0.717, 1.165) is 12.8 Å². The molecule has 1 aromatic rings. The number of amides is 2. The lowest BCUT2D eigenvalue weighted by atomic mass is 9.74. The fourth-order valence-electron chi connectivity index (χ4n) is 4.22. The third kappa shape index (κ3) is 1.56. The van der Waals surface area contributed by atoms with E-state index in [1.165, 1.54) is 4.90 Å². The highest BCUT2D eigenvalue weighted by molar-refractivity contribution is 6.23. The van der Waals surface area contributed by atoms with Gasteiger partial charge in [-0.05, 0) is 36.8 Å². The largest absolute Gasteiger partial charge is 0.495 e. The smallest absolute Gasteiger partial charge is 0.241 e. The molecule has 1 saturated carbocycles. The molecule has 0 aromatic heterocycles. The van der Waals surface area contributed by atoms with Crippen molar-refractivity contribution in [2.75, 3.05) is 12.0 Å². The van der Waals surface area contributed by atoms with E-state index in [9.17, 15) is 9.59 Å². The van der Waals surface area contributed by atoms with Crippen LogP contribution in [-0.2, 0) is 9.59 Å². The number of allylic oxidation sites excluding steroid dienone is 2. The normalized spacial score (nSPS) is 33.5. The standard InChI is InChI=1S/C17H17NO3/c1-21-14-5-3-2-4-13(14)18-15(19)10-17(16(18)20)9-11-6-7-12(17)8-11/h2-7,11-12H,8-10H2,1H3. The van der Waals surface area contributed by atoms with Crippen molar-refractivity contribution in [2.24, 2.45) is 17.3 Å². The van der Waals surface area contributed by atoms with Crippen molar-refractivity contribution in [1.29, 1.82) is 0 Å². The number of rotatable bonds is 2. The zero-order chi connectivity index (χ0) is 14.6. The van der Waals surface area contributed by atoms with E-state index in [-0.39, 0.29) is 17.7 Å². The van der Waals surface area contributed by atoms with Gasteiger partial charge in [0.2, 0.25) is 11.8 Å². The summed E-state index contributed by atoms with van der Waals surface area (Å²) in [6.45, 7) is 0. The molecule has 0 N–H and O–H groups in total. The Kier molecular flexibility index (Phi) is 2.52. The van der Waals surface area contributed by atoms with E-state index in [0.29, 0.717) is 23.8 Å². The molecule has 1 aliphatic heterocycles. The Labute approximate surface area is 123 Å². The first-order chi connectivity index (χ1) is 10.2. The molecular weight excluding hydrogens is 266 g/mol. The van der Waals surface area contributed by atoms with E-state index in [1.54, 1.807) is 19.2 Å². The Balaban J connectivity index is 1.76. The number of fused-ring (bicyclic) bond motifs is 3. The molecule has 3 unspecified atom stereocenters. The lowest BCUT2D eigenvalue weighted by molar-refractivity contribution is -0.126. The van der Waals surface area contributed by atoms with Crippen LogP contribution in [-0.4, -0.2) is 18.9 Å². The number of para-hydroxylation sites is 2. The minimum Gasteiger partial charge on any atom is -0.495 e. The summed E-state index contributed by atoms with van der Waals surface area (Å²) in [4.78, 5) is 26.9. The van der Waals surface area contributed by atoms with Crippen LogP contribution in [0.4, 0.5) is 5.69 Å². The number of hydrogen-bond acceptors (Lipinski definition) is 3. The van der Waals surface area contributed by atoms with Gasteiger partial charge in [-0.2, -0.15) is 0 Å². The summed E-state index contributed by atoms with van der Waals surface area (Å²) in [5.74, 6) is 1.09. The summed E-state index contributed by atoms with van der Waals surface area (Å²) in [6.07, 6.45) is 6.48. The number of benzene rings is 1. The Morgan fingerprint density at radius 2 is 2.05 bits per heavy atom. The number of anilines is 1. The molecule has 3 atom stereocenters. The van der Waals surface area contributed by atoms with Crippen molar-refractivity contribution in [3.05, 3.63) is 36.4 Å². The molecule has 1 saturated heterocycles. The lowest BCUT2D eigenvalue weighted by Gasteiger charge is -2.28. The molecule has 2 bridgehead atoms. The highest BCUT2D eigenvalue weighted by Gasteiger charge is 2.61. The fraction of sp³-hybridized carbons (Fsp3) is 0.412. The van der Waals surface area contributed by atoms with Crippen molar-refractivity contribution >= 4 is 17.5 Å². The zero-order valence-corrected chi connectivity index (χ0v) is 11.9. The molecule has 2 aliphatic carbocycles. The second kappa shape index (κ2) is 4.20. The molecule has 1 aromatic carbocycles. The van der Waals surface area contributed by atoms with E-state index in [1.807, 2.05) is 12.1 Å². The molecule has 108 valence electrons. The van der Waals surface area contributed by atoms with Gasteiger partial charge in [0.15, 0.2) is 0 Å². The van der Waals surface area contributed by atoms with Crippen LogP contribution in [0.25, 0.3) is 0 Å². The molecule has 4 rings (SSSR count). The van der Waals surface area contributed by atoms with Gasteiger partial charge in [-0.25, -0.2) is 4.90 Å². The average molecular weight is 283 g/mol. The summed E-state index contributed by atoms with van der Waals surface area (Å²) < 4.78 is 5.31. The van der Waals surface area contributed by atoms with Crippen LogP contribution in [0.5, 0.6) is 5.75 Å². The van der Waals surface area contributed by atoms with Crippen molar-refractivity contribution in [1.82, 2.24) is 0 Å². The molecule has 2 fully saturated rings. The van der Waals surface area contributed by atoms with Gasteiger partial charge in [-0.1, -0.05) is 24.3 Å². The van der Waals surface area contributed by atoms with Crippen molar-refractivity contribution in [3.63, 3.8) is 0 Å².